The standard InChI is InChI=1S/C16H19N3OS/c1-21-14-6-4-12(5-7-14)15-8-13(9-17)16(20)19(18-15)10-11-2-3-11/h4-8,11H,2-3,9-10,17H2,1H3. The molecule has 5 heteroatoms. The summed E-state index contributed by atoms with van der Waals surface area (Å²) in [6.45, 7) is 0.963. The van der Waals surface area contributed by atoms with E-state index in [0.29, 0.717) is 18.0 Å². The van der Waals surface area contributed by atoms with E-state index in [0.717, 1.165) is 11.3 Å². The molecule has 0 spiro atoms. The molecule has 4 nitrogen and oxygen atoms in total. The second kappa shape index (κ2) is 6.03. The number of hydrogen-bond acceptors (Lipinski definition) is 4. The van der Waals surface area contributed by atoms with Gasteiger partial charge in [0, 0.05) is 29.1 Å². The van der Waals surface area contributed by atoms with Gasteiger partial charge in [-0.05, 0) is 43.2 Å². The highest BCUT2D eigenvalue weighted by atomic mass is 32.2. The summed E-state index contributed by atoms with van der Waals surface area (Å²) in [5.74, 6) is 0.606. The van der Waals surface area contributed by atoms with Crippen molar-refractivity contribution in [1.29, 1.82) is 0 Å². The van der Waals surface area contributed by atoms with E-state index >= 15 is 0 Å². The fraction of sp³-hybridized carbons (Fsp3) is 0.375. The number of nitrogens with zero attached hydrogens (tertiary/aromatic N) is 2. The second-order valence-electron chi connectivity index (χ2n) is 5.42. The lowest BCUT2D eigenvalue weighted by atomic mass is 10.1. The Balaban J connectivity index is 2.01. The van der Waals surface area contributed by atoms with Crippen LogP contribution in [0.4, 0.5) is 0 Å². The molecule has 0 radical (unpaired) electrons. The normalized spacial score (nSPS) is 14.4. The van der Waals surface area contributed by atoms with E-state index in [1.807, 2.05) is 18.2 Å². The third-order valence-corrected chi connectivity index (χ3v) is 4.53. The molecule has 2 N–H and O–H groups in total. The van der Waals surface area contributed by atoms with Crippen molar-refractivity contribution in [3.8, 4) is 11.3 Å². The molecule has 1 aliphatic rings. The van der Waals surface area contributed by atoms with Crippen LogP contribution in [-0.2, 0) is 13.1 Å². The maximum Gasteiger partial charge on any atom is 0.271 e. The van der Waals surface area contributed by atoms with Crippen LogP contribution in [0, 0.1) is 5.92 Å². The van der Waals surface area contributed by atoms with Gasteiger partial charge in [0.25, 0.3) is 5.56 Å². The average Bonchev–Trinajstić information content (AvgIpc) is 3.33. The van der Waals surface area contributed by atoms with Crippen LogP contribution in [0.1, 0.15) is 18.4 Å². The Morgan fingerprint density at radius 2 is 2.05 bits per heavy atom. The predicted octanol–water partition coefficient (Wildman–Crippen LogP) is 2.50. The molecule has 1 saturated carbocycles. The number of thioether (sulfide) groups is 1. The van der Waals surface area contributed by atoms with Crippen LogP contribution in [-0.4, -0.2) is 16.0 Å². The Kier molecular flexibility index (Phi) is 4.12. The lowest BCUT2D eigenvalue weighted by Crippen LogP contribution is -2.28. The van der Waals surface area contributed by atoms with E-state index in [1.54, 1.807) is 16.4 Å². The molecule has 3 rings (SSSR count). The molecule has 0 amide bonds. The highest BCUT2D eigenvalue weighted by molar-refractivity contribution is 7.98. The van der Waals surface area contributed by atoms with Crippen molar-refractivity contribution in [2.24, 2.45) is 11.7 Å². The minimum atomic E-state index is -0.0473. The first-order valence-electron chi connectivity index (χ1n) is 7.17. The van der Waals surface area contributed by atoms with Crippen molar-refractivity contribution in [1.82, 2.24) is 9.78 Å². The van der Waals surface area contributed by atoms with Crippen LogP contribution in [0.5, 0.6) is 0 Å². The molecule has 0 unspecified atom stereocenters. The molecule has 0 aliphatic heterocycles. The second-order valence-corrected chi connectivity index (χ2v) is 6.30. The molecule has 1 fully saturated rings. The van der Waals surface area contributed by atoms with Crippen LogP contribution in [0.2, 0.25) is 0 Å². The van der Waals surface area contributed by atoms with Gasteiger partial charge in [0.15, 0.2) is 0 Å². The minimum absolute atomic E-state index is 0.0473. The van der Waals surface area contributed by atoms with E-state index < -0.39 is 0 Å². The van der Waals surface area contributed by atoms with Crippen molar-refractivity contribution in [2.45, 2.75) is 30.8 Å². The summed E-state index contributed by atoms with van der Waals surface area (Å²) in [4.78, 5) is 13.5. The van der Waals surface area contributed by atoms with Gasteiger partial charge in [0.05, 0.1) is 5.69 Å². The molecule has 21 heavy (non-hydrogen) atoms. The molecule has 1 aromatic carbocycles. The van der Waals surface area contributed by atoms with Gasteiger partial charge in [-0.1, -0.05) is 12.1 Å². The zero-order valence-electron chi connectivity index (χ0n) is 12.1. The van der Waals surface area contributed by atoms with E-state index in [2.05, 4.69) is 23.5 Å². The van der Waals surface area contributed by atoms with Gasteiger partial charge >= 0.3 is 0 Å². The third-order valence-electron chi connectivity index (χ3n) is 3.78. The SMILES string of the molecule is CSc1ccc(-c2cc(CN)c(=O)n(CC3CC3)n2)cc1. The highest BCUT2D eigenvalue weighted by Gasteiger charge is 2.23. The molecule has 1 aliphatic carbocycles. The summed E-state index contributed by atoms with van der Waals surface area (Å²) < 4.78 is 1.59. The van der Waals surface area contributed by atoms with Crippen molar-refractivity contribution < 1.29 is 0 Å². The molecule has 0 bridgehead atoms. The molecule has 1 aromatic heterocycles. The van der Waals surface area contributed by atoms with Crippen LogP contribution < -0.4 is 11.3 Å². The first-order valence-corrected chi connectivity index (χ1v) is 8.39. The summed E-state index contributed by atoms with van der Waals surface area (Å²) in [7, 11) is 0. The van der Waals surface area contributed by atoms with Gasteiger partial charge in [0.1, 0.15) is 0 Å². The quantitative estimate of drug-likeness (QED) is 0.862. The minimum Gasteiger partial charge on any atom is -0.326 e. The Bertz CT molecular complexity index is 690. The molecular formula is C16H19N3OS. The van der Waals surface area contributed by atoms with Crippen molar-refractivity contribution in [3.63, 3.8) is 0 Å². The fourth-order valence-corrected chi connectivity index (χ4v) is 2.72. The topological polar surface area (TPSA) is 60.9 Å². The monoisotopic (exact) mass is 301 g/mol. The Hall–Kier alpha value is -1.59. The van der Waals surface area contributed by atoms with Gasteiger partial charge in [-0.2, -0.15) is 5.10 Å². The molecule has 2 aromatic rings. The predicted molar refractivity (Wildman–Crippen MR) is 86.3 cm³/mol. The Labute approximate surface area is 128 Å². The highest BCUT2D eigenvalue weighted by Crippen LogP contribution is 2.30. The zero-order valence-corrected chi connectivity index (χ0v) is 12.9. The van der Waals surface area contributed by atoms with Gasteiger partial charge in [-0.25, -0.2) is 4.68 Å². The third kappa shape index (κ3) is 3.19. The number of hydrogen-bond donors (Lipinski definition) is 1. The largest absolute Gasteiger partial charge is 0.326 e. The molecular weight excluding hydrogens is 282 g/mol. The fourth-order valence-electron chi connectivity index (χ4n) is 2.31. The Morgan fingerprint density at radius 3 is 2.62 bits per heavy atom. The first-order chi connectivity index (χ1) is 10.2. The number of rotatable bonds is 5. The van der Waals surface area contributed by atoms with Crippen molar-refractivity contribution >= 4 is 11.8 Å². The lowest BCUT2D eigenvalue weighted by molar-refractivity contribution is 0.531. The van der Waals surface area contributed by atoms with E-state index in [1.165, 1.54) is 17.7 Å². The molecule has 0 atom stereocenters. The zero-order chi connectivity index (χ0) is 14.8. The number of benzene rings is 1. The number of nitrogens with two attached hydrogens (primary N) is 1. The van der Waals surface area contributed by atoms with Crippen LogP contribution >= 0.6 is 11.8 Å². The smallest absolute Gasteiger partial charge is 0.271 e. The molecule has 1 heterocycles. The van der Waals surface area contributed by atoms with Crippen molar-refractivity contribution in [2.75, 3.05) is 6.26 Å². The summed E-state index contributed by atoms with van der Waals surface area (Å²) in [5, 5.41) is 4.53. The molecule has 0 saturated heterocycles. The van der Waals surface area contributed by atoms with Crippen LogP contribution in [0.15, 0.2) is 40.0 Å². The average molecular weight is 301 g/mol. The maximum atomic E-state index is 12.3. The van der Waals surface area contributed by atoms with E-state index in [9.17, 15) is 4.79 Å². The van der Waals surface area contributed by atoms with Gasteiger partial charge in [0.2, 0.25) is 0 Å². The molecule has 110 valence electrons. The summed E-state index contributed by atoms with van der Waals surface area (Å²) in [6, 6.07) is 10.0. The Morgan fingerprint density at radius 1 is 1.33 bits per heavy atom. The lowest BCUT2D eigenvalue weighted by Gasteiger charge is -2.10. The van der Waals surface area contributed by atoms with Gasteiger partial charge in [-0.3, -0.25) is 4.79 Å². The summed E-state index contributed by atoms with van der Waals surface area (Å²) >= 11 is 1.71. The van der Waals surface area contributed by atoms with E-state index in [-0.39, 0.29) is 12.1 Å². The number of aromatic nitrogens is 2. The van der Waals surface area contributed by atoms with Gasteiger partial charge < -0.3 is 5.73 Å². The first kappa shape index (κ1) is 14.4. The van der Waals surface area contributed by atoms with Crippen molar-refractivity contribution in [3.05, 3.63) is 46.2 Å². The summed E-state index contributed by atoms with van der Waals surface area (Å²) in [5.41, 5.74) is 8.14. The summed E-state index contributed by atoms with van der Waals surface area (Å²) in [6.07, 6.45) is 4.44. The van der Waals surface area contributed by atoms with Gasteiger partial charge in [-0.15, -0.1) is 11.8 Å². The van der Waals surface area contributed by atoms with Crippen LogP contribution in [0.25, 0.3) is 11.3 Å². The van der Waals surface area contributed by atoms with E-state index in [4.69, 9.17) is 5.73 Å². The van der Waals surface area contributed by atoms with Crippen LogP contribution in [0.3, 0.4) is 0 Å². The maximum absolute atomic E-state index is 12.3.